The van der Waals surface area contributed by atoms with Gasteiger partial charge in [-0.3, -0.25) is 0 Å². The number of hydrogen-bond donors (Lipinski definition) is 0. The molecule has 1 aromatic carbocycles. The Bertz CT molecular complexity index is 263. The van der Waals surface area contributed by atoms with Gasteiger partial charge < -0.3 is 0 Å². The molecule has 4 heteroatoms. The number of benzene rings is 1. The molecule has 1 rings (SSSR count). The number of aryl methyl sites for hydroxylation is 1. The summed E-state index contributed by atoms with van der Waals surface area (Å²) < 4.78 is -0.234. The van der Waals surface area contributed by atoms with Gasteiger partial charge in [-0.15, -0.1) is 23.2 Å². The second-order valence-electron chi connectivity index (χ2n) is 2.60. The molecule has 1 aromatic rings. The van der Waals surface area contributed by atoms with Crippen LogP contribution < -0.4 is 0 Å². The van der Waals surface area contributed by atoms with Gasteiger partial charge in [-0.25, -0.2) is 0 Å². The predicted molar refractivity (Wildman–Crippen MR) is 61.2 cm³/mol. The Morgan fingerprint density at radius 2 is 1.92 bits per heavy atom. The van der Waals surface area contributed by atoms with Gasteiger partial charge in [0.2, 0.25) is 0 Å². The summed E-state index contributed by atoms with van der Waals surface area (Å²) in [5.41, 5.74) is 1.17. The van der Waals surface area contributed by atoms with Crippen LogP contribution in [0.15, 0.2) is 24.3 Å². The van der Waals surface area contributed by atoms with Crippen LogP contribution >= 0.6 is 34.8 Å². The second-order valence-corrected chi connectivity index (χ2v) is 6.32. The molecule has 0 unspecified atom stereocenters. The fourth-order valence-electron chi connectivity index (χ4n) is 1.02. The Morgan fingerprint density at radius 3 is 2.54 bits per heavy atom. The van der Waals surface area contributed by atoms with E-state index < -0.39 is 0 Å². The quantitative estimate of drug-likeness (QED) is 0.565. The van der Waals surface area contributed by atoms with Crippen molar-refractivity contribution in [1.29, 1.82) is 0 Å². The van der Waals surface area contributed by atoms with Crippen molar-refractivity contribution in [3.8, 4) is 0 Å². The van der Waals surface area contributed by atoms with Crippen molar-refractivity contribution in [2.45, 2.75) is 16.9 Å². The minimum atomic E-state index is -0.234. The van der Waals surface area contributed by atoms with Crippen LogP contribution in [-0.2, 0) is 6.42 Å². The van der Waals surface area contributed by atoms with Crippen LogP contribution in [0.1, 0.15) is 5.56 Å². The Balaban J connectivity index is 2.41. The molecule has 0 aromatic heterocycles. The zero-order valence-electron chi connectivity index (χ0n) is 6.93. The van der Waals surface area contributed by atoms with Gasteiger partial charge in [0, 0.05) is 5.02 Å². The van der Waals surface area contributed by atoms with E-state index in [4.69, 9.17) is 34.8 Å². The Kier molecular flexibility index (Phi) is 5.18. The number of halogens is 3. The van der Waals surface area contributed by atoms with Crippen molar-refractivity contribution in [3.63, 3.8) is 0 Å². The third kappa shape index (κ3) is 4.36. The van der Waals surface area contributed by atoms with Crippen LogP contribution in [0.4, 0.5) is 0 Å². The lowest BCUT2D eigenvalue weighted by Crippen LogP contribution is -2.02. The molecule has 0 saturated heterocycles. The highest BCUT2D eigenvalue weighted by Gasteiger charge is 2.02. The van der Waals surface area contributed by atoms with Gasteiger partial charge in [0.15, 0.2) is 0 Å². The van der Waals surface area contributed by atoms with Crippen molar-refractivity contribution in [2.75, 3.05) is 0 Å². The molecule has 0 atom stereocenters. The smallest absolute Gasteiger partial charge is 0.0929 e. The normalized spacial score (nSPS) is 10.8. The minimum absolute atomic E-state index is 0.234. The topological polar surface area (TPSA) is 0 Å². The van der Waals surface area contributed by atoms with Gasteiger partial charge in [-0.2, -0.15) is 0 Å². The first-order chi connectivity index (χ1) is 6.20. The average Bonchev–Trinajstić information content (AvgIpc) is 2.08. The van der Waals surface area contributed by atoms with Gasteiger partial charge in [0.25, 0.3) is 0 Å². The third-order valence-corrected chi connectivity index (χ3v) is 3.79. The highest BCUT2D eigenvalue weighted by molar-refractivity contribution is 6.68. The SMILES string of the molecule is Clc1ccccc1CC[Si]C(Cl)Cl. The lowest BCUT2D eigenvalue weighted by Gasteiger charge is -2.03. The second kappa shape index (κ2) is 5.92. The summed E-state index contributed by atoms with van der Waals surface area (Å²) in [6, 6.07) is 8.85. The first kappa shape index (κ1) is 11.4. The largest absolute Gasteiger partial charge is 0.110 e. The van der Waals surface area contributed by atoms with E-state index in [0.717, 1.165) is 17.5 Å². The molecule has 0 amide bonds. The zero-order valence-corrected chi connectivity index (χ0v) is 10.2. The van der Waals surface area contributed by atoms with Gasteiger partial charge in [0.05, 0.1) is 14.0 Å². The summed E-state index contributed by atoms with van der Waals surface area (Å²) in [7, 11) is 0.583. The molecular formula is C9H9Cl3Si. The lowest BCUT2D eigenvalue weighted by molar-refractivity contribution is 1.12. The fourth-order valence-corrected chi connectivity index (χ4v) is 2.53. The van der Waals surface area contributed by atoms with E-state index in [-0.39, 0.29) is 4.46 Å². The molecule has 0 heterocycles. The summed E-state index contributed by atoms with van der Waals surface area (Å²) in [6.07, 6.45) is 0.952. The third-order valence-electron chi connectivity index (χ3n) is 1.65. The Labute approximate surface area is 96.0 Å². The predicted octanol–water partition coefficient (Wildman–Crippen LogP) is 3.77. The highest BCUT2D eigenvalue weighted by atomic mass is 35.5. The first-order valence-corrected chi connectivity index (χ1v) is 6.48. The molecule has 2 radical (unpaired) electrons. The standard InChI is InChI=1S/C9H9Cl3Si/c10-8-4-2-1-3-7(8)5-6-13-9(11)12/h1-4,9H,5-6H2. The first-order valence-electron chi connectivity index (χ1n) is 3.95. The maximum atomic E-state index is 5.98. The van der Waals surface area contributed by atoms with E-state index in [1.807, 2.05) is 24.3 Å². The van der Waals surface area contributed by atoms with Crippen LogP contribution in [0.2, 0.25) is 11.1 Å². The molecule has 0 spiro atoms. The van der Waals surface area contributed by atoms with Gasteiger partial charge in [-0.05, 0) is 18.1 Å². The van der Waals surface area contributed by atoms with E-state index in [0.29, 0.717) is 9.52 Å². The monoisotopic (exact) mass is 250 g/mol. The number of hydrogen-bond acceptors (Lipinski definition) is 0. The van der Waals surface area contributed by atoms with Crippen molar-refractivity contribution >= 4 is 44.3 Å². The van der Waals surface area contributed by atoms with Crippen LogP contribution in [0, 0.1) is 0 Å². The van der Waals surface area contributed by atoms with Crippen LogP contribution in [0.5, 0.6) is 0 Å². The Morgan fingerprint density at radius 1 is 1.23 bits per heavy atom. The van der Waals surface area contributed by atoms with Gasteiger partial charge >= 0.3 is 0 Å². The molecule has 0 bridgehead atoms. The van der Waals surface area contributed by atoms with E-state index >= 15 is 0 Å². The molecule has 0 saturated carbocycles. The van der Waals surface area contributed by atoms with E-state index in [1.165, 1.54) is 5.56 Å². The molecular weight excluding hydrogens is 243 g/mol. The van der Waals surface area contributed by atoms with Crippen LogP contribution in [-0.4, -0.2) is 14.0 Å². The van der Waals surface area contributed by atoms with Crippen molar-refractivity contribution in [1.82, 2.24) is 0 Å². The van der Waals surface area contributed by atoms with Crippen molar-refractivity contribution < 1.29 is 0 Å². The number of alkyl halides is 2. The molecule has 0 aliphatic heterocycles. The maximum Gasteiger partial charge on any atom is 0.0929 e. The molecule has 0 N–H and O–H groups in total. The van der Waals surface area contributed by atoms with Gasteiger partial charge in [0.1, 0.15) is 0 Å². The van der Waals surface area contributed by atoms with E-state index in [9.17, 15) is 0 Å². The minimum Gasteiger partial charge on any atom is -0.110 e. The zero-order chi connectivity index (χ0) is 9.68. The van der Waals surface area contributed by atoms with Gasteiger partial charge in [-0.1, -0.05) is 35.8 Å². The summed E-state index contributed by atoms with van der Waals surface area (Å²) in [6.45, 7) is 0. The summed E-state index contributed by atoms with van der Waals surface area (Å²) >= 11 is 17.2. The maximum absolute atomic E-state index is 5.98. The lowest BCUT2D eigenvalue weighted by atomic mass is 10.2. The molecule has 70 valence electrons. The molecule has 0 aliphatic rings. The fraction of sp³-hybridized carbons (Fsp3) is 0.333. The highest BCUT2D eigenvalue weighted by Crippen LogP contribution is 2.17. The molecule has 0 aliphatic carbocycles. The van der Waals surface area contributed by atoms with Crippen LogP contribution in [0.25, 0.3) is 0 Å². The summed E-state index contributed by atoms with van der Waals surface area (Å²) in [4.78, 5) is 0. The van der Waals surface area contributed by atoms with Crippen molar-refractivity contribution in [3.05, 3.63) is 34.9 Å². The van der Waals surface area contributed by atoms with E-state index in [2.05, 4.69) is 0 Å². The summed E-state index contributed by atoms with van der Waals surface area (Å²) in [5, 5.41) is 0.827. The number of rotatable bonds is 4. The molecule has 0 nitrogen and oxygen atoms in total. The van der Waals surface area contributed by atoms with Crippen LogP contribution in [0.3, 0.4) is 0 Å². The molecule has 0 fully saturated rings. The average molecular weight is 252 g/mol. The Hall–Kier alpha value is 0.307. The van der Waals surface area contributed by atoms with Crippen molar-refractivity contribution in [2.24, 2.45) is 0 Å². The van der Waals surface area contributed by atoms with E-state index in [1.54, 1.807) is 0 Å². The molecule has 13 heavy (non-hydrogen) atoms. The summed E-state index contributed by atoms with van der Waals surface area (Å²) in [5.74, 6) is 0.